The molecule has 0 unspecified atom stereocenters. The molecule has 0 spiro atoms. The summed E-state index contributed by atoms with van der Waals surface area (Å²) in [5.41, 5.74) is 0.776. The van der Waals surface area contributed by atoms with Gasteiger partial charge in [-0.2, -0.15) is 9.61 Å². The number of amides is 1. The highest BCUT2D eigenvalue weighted by Gasteiger charge is 2.16. The summed E-state index contributed by atoms with van der Waals surface area (Å²) in [7, 11) is 0. The van der Waals surface area contributed by atoms with E-state index in [9.17, 15) is 4.79 Å². The van der Waals surface area contributed by atoms with Crippen LogP contribution in [0.15, 0.2) is 57.9 Å². The summed E-state index contributed by atoms with van der Waals surface area (Å²) in [5, 5.41) is 10.5. The standard InChI is InChI=1S/C14H9N5O3/c20-14(9-8-11(22-18-9)10-2-1-7-21-10)17-13-3-5-15-12-4-6-16-19(12)13/h1-8H,(H,17,20). The fraction of sp³-hybridized carbons (Fsp3) is 0. The molecule has 0 radical (unpaired) electrons. The monoisotopic (exact) mass is 295 g/mol. The van der Waals surface area contributed by atoms with Gasteiger partial charge in [0.15, 0.2) is 17.1 Å². The van der Waals surface area contributed by atoms with Gasteiger partial charge in [0.25, 0.3) is 5.91 Å². The lowest BCUT2D eigenvalue weighted by Gasteiger charge is -2.04. The van der Waals surface area contributed by atoms with Crippen LogP contribution in [0.25, 0.3) is 17.2 Å². The van der Waals surface area contributed by atoms with Crippen LogP contribution < -0.4 is 5.32 Å². The molecule has 0 bridgehead atoms. The first kappa shape index (κ1) is 12.3. The van der Waals surface area contributed by atoms with Crippen LogP contribution in [0.2, 0.25) is 0 Å². The molecule has 0 saturated carbocycles. The van der Waals surface area contributed by atoms with E-state index in [1.54, 1.807) is 36.7 Å². The predicted octanol–water partition coefficient (Wildman–Crippen LogP) is 2.23. The number of carbonyl (C=O) groups excluding carboxylic acids is 1. The minimum absolute atomic E-state index is 0.142. The number of nitrogens with zero attached hydrogens (tertiary/aromatic N) is 4. The van der Waals surface area contributed by atoms with E-state index >= 15 is 0 Å². The van der Waals surface area contributed by atoms with E-state index in [4.69, 9.17) is 8.94 Å². The van der Waals surface area contributed by atoms with E-state index in [-0.39, 0.29) is 5.69 Å². The van der Waals surface area contributed by atoms with Gasteiger partial charge in [-0.25, -0.2) is 4.98 Å². The van der Waals surface area contributed by atoms with Crippen molar-refractivity contribution in [3.05, 3.63) is 54.7 Å². The molecule has 8 nitrogen and oxygen atoms in total. The van der Waals surface area contributed by atoms with Crippen molar-refractivity contribution in [3.63, 3.8) is 0 Å². The van der Waals surface area contributed by atoms with Crippen molar-refractivity contribution in [1.29, 1.82) is 0 Å². The Morgan fingerprint density at radius 1 is 1.18 bits per heavy atom. The van der Waals surface area contributed by atoms with Gasteiger partial charge in [0.2, 0.25) is 5.76 Å². The Bertz CT molecular complexity index is 938. The van der Waals surface area contributed by atoms with Gasteiger partial charge in [0.05, 0.1) is 12.5 Å². The van der Waals surface area contributed by atoms with Crippen molar-refractivity contribution in [2.75, 3.05) is 5.32 Å². The smallest absolute Gasteiger partial charge is 0.279 e. The molecule has 0 aliphatic carbocycles. The molecule has 4 aromatic heterocycles. The average Bonchev–Trinajstić information content (AvgIpc) is 3.27. The molecular weight excluding hydrogens is 286 g/mol. The number of anilines is 1. The first-order chi connectivity index (χ1) is 10.8. The first-order valence-corrected chi connectivity index (χ1v) is 6.42. The highest BCUT2D eigenvalue weighted by molar-refractivity contribution is 6.02. The first-order valence-electron chi connectivity index (χ1n) is 6.42. The molecule has 1 amide bonds. The summed E-state index contributed by atoms with van der Waals surface area (Å²) in [6, 6.07) is 8.34. The normalized spacial score (nSPS) is 10.9. The predicted molar refractivity (Wildman–Crippen MR) is 75.1 cm³/mol. The molecule has 0 saturated heterocycles. The third kappa shape index (κ3) is 2.03. The Hall–Kier alpha value is -3.42. The summed E-state index contributed by atoms with van der Waals surface area (Å²) in [4.78, 5) is 16.4. The van der Waals surface area contributed by atoms with Crippen molar-refractivity contribution >= 4 is 17.4 Å². The van der Waals surface area contributed by atoms with Crippen molar-refractivity contribution in [1.82, 2.24) is 19.8 Å². The van der Waals surface area contributed by atoms with Crippen LogP contribution >= 0.6 is 0 Å². The lowest BCUT2D eigenvalue weighted by molar-refractivity contribution is 0.101. The van der Waals surface area contributed by atoms with E-state index < -0.39 is 5.91 Å². The maximum absolute atomic E-state index is 12.2. The molecule has 4 heterocycles. The van der Waals surface area contributed by atoms with Gasteiger partial charge in [-0.1, -0.05) is 5.16 Å². The second kappa shape index (κ2) is 4.85. The molecule has 0 aromatic carbocycles. The van der Waals surface area contributed by atoms with E-state index in [0.29, 0.717) is 23.0 Å². The molecule has 4 rings (SSSR count). The van der Waals surface area contributed by atoms with E-state index in [1.165, 1.54) is 16.8 Å². The number of furan rings is 1. The summed E-state index contributed by atoms with van der Waals surface area (Å²) < 4.78 is 11.8. The van der Waals surface area contributed by atoms with Gasteiger partial charge in [-0.15, -0.1) is 0 Å². The molecule has 0 atom stereocenters. The van der Waals surface area contributed by atoms with Gasteiger partial charge in [-0.3, -0.25) is 4.79 Å². The fourth-order valence-electron chi connectivity index (χ4n) is 2.03. The molecule has 8 heteroatoms. The van der Waals surface area contributed by atoms with Gasteiger partial charge in [0, 0.05) is 18.3 Å². The third-order valence-corrected chi connectivity index (χ3v) is 3.04. The highest BCUT2D eigenvalue weighted by Crippen LogP contribution is 2.21. The largest absolute Gasteiger partial charge is 0.461 e. The molecule has 0 aliphatic rings. The average molecular weight is 295 g/mol. The number of carbonyl (C=O) groups is 1. The van der Waals surface area contributed by atoms with Crippen molar-refractivity contribution in [2.45, 2.75) is 0 Å². The number of hydrogen-bond acceptors (Lipinski definition) is 6. The SMILES string of the molecule is O=C(Nc1ccnc2ccnn12)c1cc(-c2ccco2)on1. The van der Waals surface area contributed by atoms with Crippen molar-refractivity contribution < 1.29 is 13.7 Å². The summed E-state index contributed by atoms with van der Waals surface area (Å²) in [5.74, 6) is 0.964. The van der Waals surface area contributed by atoms with Gasteiger partial charge >= 0.3 is 0 Å². The molecule has 0 fully saturated rings. The maximum Gasteiger partial charge on any atom is 0.279 e. The van der Waals surface area contributed by atoms with Crippen LogP contribution in [0.5, 0.6) is 0 Å². The van der Waals surface area contributed by atoms with Crippen LogP contribution in [0.3, 0.4) is 0 Å². The zero-order chi connectivity index (χ0) is 14.9. The van der Waals surface area contributed by atoms with Crippen LogP contribution in [-0.2, 0) is 0 Å². The zero-order valence-corrected chi connectivity index (χ0v) is 11.1. The Morgan fingerprint density at radius 2 is 2.14 bits per heavy atom. The van der Waals surface area contributed by atoms with Gasteiger partial charge in [-0.05, 0) is 18.2 Å². The van der Waals surface area contributed by atoms with Gasteiger partial charge < -0.3 is 14.3 Å². The van der Waals surface area contributed by atoms with E-state index in [1.807, 2.05) is 0 Å². The minimum atomic E-state index is -0.412. The summed E-state index contributed by atoms with van der Waals surface area (Å²) >= 11 is 0. The number of fused-ring (bicyclic) bond motifs is 1. The number of nitrogens with one attached hydrogen (secondary N) is 1. The number of aromatic nitrogens is 4. The molecular formula is C14H9N5O3. The van der Waals surface area contributed by atoms with Crippen LogP contribution in [-0.4, -0.2) is 25.7 Å². The lowest BCUT2D eigenvalue weighted by atomic mass is 10.3. The van der Waals surface area contributed by atoms with Crippen LogP contribution in [0.4, 0.5) is 5.82 Å². The van der Waals surface area contributed by atoms with E-state index in [0.717, 1.165) is 0 Å². The third-order valence-electron chi connectivity index (χ3n) is 3.04. The second-order valence-electron chi connectivity index (χ2n) is 4.44. The number of hydrogen-bond donors (Lipinski definition) is 1. The molecule has 108 valence electrons. The molecule has 1 N–H and O–H groups in total. The Balaban J connectivity index is 1.61. The van der Waals surface area contributed by atoms with Crippen molar-refractivity contribution in [2.24, 2.45) is 0 Å². The summed E-state index contributed by atoms with van der Waals surface area (Å²) in [6.07, 6.45) is 4.70. The minimum Gasteiger partial charge on any atom is -0.461 e. The Morgan fingerprint density at radius 3 is 3.00 bits per heavy atom. The van der Waals surface area contributed by atoms with Crippen LogP contribution in [0.1, 0.15) is 10.5 Å². The van der Waals surface area contributed by atoms with E-state index in [2.05, 4.69) is 20.6 Å². The molecule has 0 aliphatic heterocycles. The quantitative estimate of drug-likeness (QED) is 0.622. The van der Waals surface area contributed by atoms with Crippen LogP contribution in [0, 0.1) is 0 Å². The maximum atomic E-state index is 12.2. The lowest BCUT2D eigenvalue weighted by Crippen LogP contribution is -2.15. The highest BCUT2D eigenvalue weighted by atomic mass is 16.5. The summed E-state index contributed by atoms with van der Waals surface area (Å²) in [6.45, 7) is 0. The second-order valence-corrected chi connectivity index (χ2v) is 4.44. The molecule has 4 aromatic rings. The number of rotatable bonds is 3. The molecule has 22 heavy (non-hydrogen) atoms. The Labute approximate surface area is 123 Å². The zero-order valence-electron chi connectivity index (χ0n) is 11.1. The topological polar surface area (TPSA) is 98.5 Å². The van der Waals surface area contributed by atoms with Crippen molar-refractivity contribution in [3.8, 4) is 11.5 Å². The Kier molecular flexibility index (Phi) is 2.72. The van der Waals surface area contributed by atoms with Gasteiger partial charge in [0.1, 0.15) is 5.82 Å². The fourth-order valence-corrected chi connectivity index (χ4v) is 2.03.